The molecule has 1 heterocycles. The van der Waals surface area contributed by atoms with Crippen molar-refractivity contribution in [2.75, 3.05) is 20.8 Å². The minimum Gasteiger partial charge on any atom is -0.374 e. The molecule has 6 heteroatoms. The van der Waals surface area contributed by atoms with Gasteiger partial charge >= 0.3 is 0 Å². The van der Waals surface area contributed by atoms with Crippen LogP contribution in [-0.4, -0.2) is 35.6 Å². The molecule has 0 aromatic carbocycles. The molecule has 0 aliphatic heterocycles. The zero-order valence-electron chi connectivity index (χ0n) is 12.0. The van der Waals surface area contributed by atoms with E-state index in [2.05, 4.69) is 22.5 Å². The summed E-state index contributed by atoms with van der Waals surface area (Å²) in [6.45, 7) is 7.11. The third kappa shape index (κ3) is 3.51. The minimum atomic E-state index is -0.0758. The van der Waals surface area contributed by atoms with E-state index in [1.54, 1.807) is 14.2 Å². The van der Waals surface area contributed by atoms with Crippen LogP contribution in [0.3, 0.4) is 0 Å². The summed E-state index contributed by atoms with van der Waals surface area (Å²) in [5, 5.41) is 8.42. The van der Waals surface area contributed by atoms with Crippen molar-refractivity contribution in [1.82, 2.24) is 14.9 Å². The van der Waals surface area contributed by atoms with Gasteiger partial charge in [0.05, 0.1) is 6.54 Å². The summed E-state index contributed by atoms with van der Waals surface area (Å²) in [6.07, 6.45) is 2.17. The summed E-state index contributed by atoms with van der Waals surface area (Å²) in [5.41, 5.74) is 2.12. The first-order valence-corrected chi connectivity index (χ1v) is 6.49. The van der Waals surface area contributed by atoms with Crippen molar-refractivity contribution in [2.24, 2.45) is 0 Å². The Balaban J connectivity index is 2.93. The quantitative estimate of drug-likeness (QED) is 0.553. The normalized spacial score (nSPS) is 14.7. The summed E-state index contributed by atoms with van der Waals surface area (Å²) in [5.74, 6) is 1.65. The van der Waals surface area contributed by atoms with E-state index in [9.17, 15) is 0 Å². The van der Waals surface area contributed by atoms with Gasteiger partial charge in [-0.15, -0.1) is 10.2 Å². The number of nitrogens with zero attached hydrogens (tertiary/aromatic N) is 3. The van der Waals surface area contributed by atoms with Crippen molar-refractivity contribution < 1.29 is 14.9 Å². The second kappa shape index (κ2) is 7.45. The van der Waals surface area contributed by atoms with Crippen molar-refractivity contribution in [3.8, 4) is 0 Å². The molecule has 2 N–H and O–H groups in total. The van der Waals surface area contributed by atoms with Gasteiger partial charge in [0.2, 0.25) is 11.6 Å². The van der Waals surface area contributed by atoms with Crippen LogP contribution in [0.25, 0.3) is 0 Å². The summed E-state index contributed by atoms with van der Waals surface area (Å²) in [4.78, 5) is 0. The van der Waals surface area contributed by atoms with Gasteiger partial charge in [0.15, 0.2) is 0 Å². The van der Waals surface area contributed by atoms with Gasteiger partial charge in [0, 0.05) is 14.2 Å². The third-order valence-corrected chi connectivity index (χ3v) is 3.05. The van der Waals surface area contributed by atoms with Crippen LogP contribution in [-0.2, 0) is 9.47 Å². The van der Waals surface area contributed by atoms with Crippen molar-refractivity contribution in [3.05, 3.63) is 11.6 Å². The van der Waals surface area contributed by atoms with Crippen LogP contribution in [0.2, 0.25) is 0 Å². The largest absolute Gasteiger partial charge is 0.374 e. The molecule has 0 fully saturated rings. The van der Waals surface area contributed by atoms with Crippen molar-refractivity contribution >= 4 is 0 Å². The maximum Gasteiger partial charge on any atom is 0.211 e. The van der Waals surface area contributed by atoms with E-state index in [4.69, 9.17) is 9.47 Å². The number of unbranched alkanes of at least 4 members (excludes halogenated alkanes) is 1. The van der Waals surface area contributed by atoms with E-state index >= 15 is 0 Å². The summed E-state index contributed by atoms with van der Waals surface area (Å²) < 4.78 is 12.7. The van der Waals surface area contributed by atoms with Crippen LogP contribution >= 0.6 is 0 Å². The molecule has 0 radical (unpaired) electrons. The monoisotopic (exact) mass is 257 g/mol. The second-order valence-electron chi connectivity index (χ2n) is 4.37. The highest BCUT2D eigenvalue weighted by Crippen LogP contribution is 2.17. The van der Waals surface area contributed by atoms with Crippen LogP contribution in [0.1, 0.15) is 57.5 Å². The number of ether oxygens (including phenoxy) is 2. The predicted molar refractivity (Wildman–Crippen MR) is 68.0 cm³/mol. The van der Waals surface area contributed by atoms with Crippen LogP contribution in [0.4, 0.5) is 0 Å². The van der Waals surface area contributed by atoms with Crippen LogP contribution in [0.5, 0.6) is 0 Å². The lowest BCUT2D eigenvalue weighted by Crippen LogP contribution is -2.88. The molecule has 0 aliphatic carbocycles. The first kappa shape index (κ1) is 15.1. The third-order valence-electron chi connectivity index (χ3n) is 3.05. The van der Waals surface area contributed by atoms with Crippen molar-refractivity contribution in [2.45, 2.75) is 45.8 Å². The van der Waals surface area contributed by atoms with Gasteiger partial charge in [-0.25, -0.2) is 5.43 Å². The van der Waals surface area contributed by atoms with Gasteiger partial charge in [-0.3, -0.25) is 0 Å². The highest BCUT2D eigenvalue weighted by atomic mass is 16.5. The van der Waals surface area contributed by atoms with Crippen LogP contribution in [0, 0.1) is 0 Å². The van der Waals surface area contributed by atoms with Gasteiger partial charge in [0.1, 0.15) is 12.2 Å². The van der Waals surface area contributed by atoms with Gasteiger partial charge in [-0.1, -0.05) is 13.3 Å². The molecule has 104 valence electrons. The summed E-state index contributed by atoms with van der Waals surface area (Å²) in [7, 11) is 3.35. The Hall–Kier alpha value is -0.980. The SMILES string of the molecule is CCCC[NH2+]n1c([C@H](C)OC)nnc1[C@H](C)OC. The molecule has 0 aliphatic rings. The molecule has 6 nitrogen and oxygen atoms in total. The Morgan fingerprint density at radius 2 is 1.61 bits per heavy atom. The molecule has 0 unspecified atom stereocenters. The fourth-order valence-electron chi connectivity index (χ4n) is 1.69. The van der Waals surface area contributed by atoms with Crippen molar-refractivity contribution in [1.29, 1.82) is 0 Å². The van der Waals surface area contributed by atoms with Crippen LogP contribution < -0.4 is 5.43 Å². The minimum absolute atomic E-state index is 0.0758. The van der Waals surface area contributed by atoms with Crippen LogP contribution in [0.15, 0.2) is 0 Å². The smallest absolute Gasteiger partial charge is 0.211 e. The maximum absolute atomic E-state index is 5.33. The molecule has 1 aromatic heterocycles. The standard InChI is InChI=1S/C12H24N4O2/c1-6-7-8-13-16-11(9(2)17-4)14-15-12(16)10(3)18-5/h9-10,13H,6-8H2,1-5H3/p+1/t9-,10-/m0/s1. The number of methoxy groups -OCH3 is 2. The Morgan fingerprint density at radius 3 is 2.00 bits per heavy atom. The topological polar surface area (TPSA) is 65.8 Å². The molecule has 18 heavy (non-hydrogen) atoms. The van der Waals surface area contributed by atoms with Gasteiger partial charge in [-0.2, -0.15) is 4.68 Å². The molecule has 0 saturated heterocycles. The number of quaternary nitrogens is 1. The Labute approximate surface area is 109 Å². The molecular formula is C12H25N4O2+. The van der Waals surface area contributed by atoms with E-state index in [0.717, 1.165) is 24.6 Å². The first-order valence-electron chi connectivity index (χ1n) is 6.49. The van der Waals surface area contributed by atoms with E-state index in [0.29, 0.717) is 0 Å². The molecule has 0 spiro atoms. The highest BCUT2D eigenvalue weighted by molar-refractivity contribution is 4.97. The van der Waals surface area contributed by atoms with E-state index in [-0.39, 0.29) is 12.2 Å². The van der Waals surface area contributed by atoms with Gasteiger partial charge in [-0.05, 0) is 20.3 Å². The lowest BCUT2D eigenvalue weighted by atomic mass is 10.3. The predicted octanol–water partition coefficient (Wildman–Crippen LogP) is 0.820. The lowest BCUT2D eigenvalue weighted by Gasteiger charge is -2.13. The lowest BCUT2D eigenvalue weighted by molar-refractivity contribution is -0.713. The number of hydrogen-bond acceptors (Lipinski definition) is 4. The van der Waals surface area contributed by atoms with E-state index < -0.39 is 0 Å². The second-order valence-corrected chi connectivity index (χ2v) is 4.37. The molecule has 2 atom stereocenters. The first-order chi connectivity index (χ1) is 8.65. The molecule has 0 amide bonds. The molecule has 0 bridgehead atoms. The molecular weight excluding hydrogens is 232 g/mol. The van der Waals surface area contributed by atoms with E-state index in [1.165, 1.54) is 6.42 Å². The number of rotatable bonds is 8. The number of hydrogen-bond donors (Lipinski definition) is 1. The van der Waals surface area contributed by atoms with Gasteiger partial charge < -0.3 is 9.47 Å². The fraction of sp³-hybridized carbons (Fsp3) is 0.833. The maximum atomic E-state index is 5.33. The zero-order chi connectivity index (χ0) is 13.5. The van der Waals surface area contributed by atoms with Gasteiger partial charge in [0.25, 0.3) is 0 Å². The molecule has 0 saturated carbocycles. The summed E-state index contributed by atoms with van der Waals surface area (Å²) in [6, 6.07) is 0. The molecule has 1 rings (SSSR count). The Morgan fingerprint density at radius 1 is 1.11 bits per heavy atom. The fourth-order valence-corrected chi connectivity index (χ4v) is 1.69. The van der Waals surface area contributed by atoms with Crippen molar-refractivity contribution in [3.63, 3.8) is 0 Å². The van der Waals surface area contributed by atoms with E-state index in [1.807, 2.05) is 18.5 Å². The molecule has 1 aromatic rings. The number of nitrogens with two attached hydrogens (primary N) is 1. The number of aromatic nitrogens is 3. The Bertz CT molecular complexity index is 326. The average Bonchev–Trinajstić information content (AvgIpc) is 2.81. The average molecular weight is 257 g/mol. The zero-order valence-corrected chi connectivity index (χ0v) is 12.0. The Kier molecular flexibility index (Phi) is 6.24. The summed E-state index contributed by atoms with van der Waals surface area (Å²) >= 11 is 0. The highest BCUT2D eigenvalue weighted by Gasteiger charge is 2.23.